The zero-order valence-electron chi connectivity index (χ0n) is 24.7. The van der Waals surface area contributed by atoms with E-state index in [-0.39, 0.29) is 42.6 Å². The lowest BCUT2D eigenvalue weighted by Crippen LogP contribution is -2.32. The predicted octanol–water partition coefficient (Wildman–Crippen LogP) is 6.48. The first-order valence-electron chi connectivity index (χ1n) is 14.3. The molecular formula is C33H33ClN2O7S. The Balaban J connectivity index is 1.58. The number of phenols is 1. The fourth-order valence-electron chi connectivity index (χ4n) is 4.95. The molecule has 1 fully saturated rings. The lowest BCUT2D eigenvalue weighted by molar-refractivity contribution is -0.151. The molecule has 230 valence electrons. The van der Waals surface area contributed by atoms with E-state index in [0.717, 1.165) is 30.4 Å². The van der Waals surface area contributed by atoms with Gasteiger partial charge in [0.1, 0.15) is 29.3 Å². The van der Waals surface area contributed by atoms with Crippen LogP contribution in [0.25, 0.3) is 21.3 Å². The highest BCUT2D eigenvalue weighted by molar-refractivity contribution is 7.19. The molecule has 11 heteroatoms. The first-order chi connectivity index (χ1) is 21.4. The van der Waals surface area contributed by atoms with Crippen molar-refractivity contribution in [1.29, 1.82) is 0 Å². The number of nitrogens with zero attached hydrogens (tertiary/aromatic N) is 2. The Morgan fingerprint density at radius 2 is 2.07 bits per heavy atom. The number of hydrogen-bond donors (Lipinski definition) is 1. The summed E-state index contributed by atoms with van der Waals surface area (Å²) in [6.45, 7) is 4.62. The maximum Gasteiger partial charge on any atom is 0.347 e. The molecule has 4 aromatic rings. The lowest BCUT2D eigenvalue weighted by Gasteiger charge is -2.25. The third-order valence-corrected chi connectivity index (χ3v) is 8.58. The first-order valence-corrected chi connectivity index (χ1v) is 15.5. The molecule has 1 saturated heterocycles. The molecule has 44 heavy (non-hydrogen) atoms. The van der Waals surface area contributed by atoms with Crippen LogP contribution in [-0.4, -0.2) is 60.4 Å². The number of phenolic OH excluding ortho intramolecular Hbond substituents is 1. The fraction of sp³-hybridized carbons (Fsp3) is 0.364. The lowest BCUT2D eigenvalue weighted by atomic mass is 9.98. The fourth-order valence-corrected chi connectivity index (χ4v) is 6.13. The molecule has 1 aliphatic rings. The molecule has 0 saturated carbocycles. The van der Waals surface area contributed by atoms with Crippen LogP contribution >= 0.6 is 22.9 Å². The van der Waals surface area contributed by atoms with Gasteiger partial charge >= 0.3 is 5.97 Å². The van der Waals surface area contributed by atoms with Gasteiger partial charge in [-0.05, 0) is 55.5 Å². The van der Waals surface area contributed by atoms with Crippen LogP contribution in [0, 0.1) is 18.8 Å². The monoisotopic (exact) mass is 636 g/mol. The van der Waals surface area contributed by atoms with Gasteiger partial charge in [0.25, 0.3) is 0 Å². The summed E-state index contributed by atoms with van der Waals surface area (Å²) in [6.07, 6.45) is 2.98. The number of para-hydroxylation sites is 1. The molecule has 0 amide bonds. The Kier molecular flexibility index (Phi) is 10.6. The zero-order valence-corrected chi connectivity index (χ0v) is 26.3. The van der Waals surface area contributed by atoms with Gasteiger partial charge in [-0.1, -0.05) is 47.7 Å². The second-order valence-corrected chi connectivity index (χ2v) is 11.4. The van der Waals surface area contributed by atoms with Gasteiger partial charge in [0.2, 0.25) is 12.0 Å². The highest BCUT2D eigenvalue weighted by Crippen LogP contribution is 2.45. The van der Waals surface area contributed by atoms with E-state index >= 15 is 0 Å². The van der Waals surface area contributed by atoms with E-state index in [9.17, 15) is 9.90 Å². The number of rotatable bonds is 10. The number of carbonyl (C=O) groups is 1. The van der Waals surface area contributed by atoms with Crippen molar-refractivity contribution < 1.29 is 33.6 Å². The van der Waals surface area contributed by atoms with Crippen LogP contribution in [-0.2, 0) is 25.4 Å². The van der Waals surface area contributed by atoms with E-state index in [1.54, 1.807) is 20.1 Å². The van der Waals surface area contributed by atoms with E-state index in [2.05, 4.69) is 21.8 Å². The van der Waals surface area contributed by atoms with Crippen LogP contribution in [0.3, 0.4) is 0 Å². The molecule has 0 radical (unpaired) electrons. The summed E-state index contributed by atoms with van der Waals surface area (Å²) < 4.78 is 29.0. The SMILES string of the molecule is CCOC(=O)[C@@H](Cc1ccccc1OC1CCCCO1)Oc1ncnc2sc(C#CCOC)c(-c3ccc(O)c(Cl)c3C)c12. The Morgan fingerprint density at radius 1 is 1.23 bits per heavy atom. The van der Waals surface area contributed by atoms with Crippen molar-refractivity contribution in [3.8, 4) is 40.3 Å². The van der Waals surface area contributed by atoms with Crippen LogP contribution in [0.5, 0.6) is 17.4 Å². The second kappa shape index (κ2) is 14.7. The third kappa shape index (κ3) is 7.08. The summed E-state index contributed by atoms with van der Waals surface area (Å²) in [5.74, 6) is 6.41. The molecule has 2 aromatic carbocycles. The van der Waals surface area contributed by atoms with Gasteiger partial charge in [0, 0.05) is 25.5 Å². The minimum Gasteiger partial charge on any atom is -0.506 e. The predicted molar refractivity (Wildman–Crippen MR) is 168 cm³/mol. The molecule has 2 atom stereocenters. The van der Waals surface area contributed by atoms with Crippen LogP contribution < -0.4 is 9.47 Å². The van der Waals surface area contributed by atoms with Gasteiger partial charge in [0.05, 0.1) is 28.5 Å². The third-order valence-electron chi connectivity index (χ3n) is 7.08. The summed E-state index contributed by atoms with van der Waals surface area (Å²) in [6, 6.07) is 10.8. The number of benzene rings is 2. The molecule has 5 rings (SSSR count). The van der Waals surface area contributed by atoms with Crippen molar-refractivity contribution in [1.82, 2.24) is 9.97 Å². The molecular weight excluding hydrogens is 604 g/mol. The molecule has 0 spiro atoms. The Morgan fingerprint density at radius 3 is 2.84 bits per heavy atom. The smallest absolute Gasteiger partial charge is 0.347 e. The Bertz CT molecular complexity index is 1690. The van der Waals surface area contributed by atoms with Crippen molar-refractivity contribution in [3.05, 3.63) is 63.8 Å². The molecule has 9 nitrogen and oxygen atoms in total. The van der Waals surface area contributed by atoms with Crippen molar-refractivity contribution in [2.24, 2.45) is 0 Å². The van der Waals surface area contributed by atoms with Crippen LogP contribution in [0.15, 0.2) is 42.7 Å². The van der Waals surface area contributed by atoms with Gasteiger partial charge in [-0.15, -0.1) is 11.3 Å². The van der Waals surface area contributed by atoms with Gasteiger partial charge < -0.3 is 28.8 Å². The van der Waals surface area contributed by atoms with Crippen molar-refractivity contribution >= 4 is 39.1 Å². The number of ether oxygens (including phenoxy) is 5. The first kappa shape index (κ1) is 31.5. The maximum atomic E-state index is 13.3. The standard InChI is InChI=1S/C33H33ClN2O7S/c1-4-40-33(38)25(18-21-10-5-6-11-24(21)42-27-13-7-8-17-41-27)43-31-29-28(22-14-15-23(37)30(34)20(22)2)26(12-9-16-39-3)44-32(29)36-19-35-31/h5-6,10-11,14-15,19,25,27,37H,4,7-8,13,16-18H2,1-3H3/t25-,27?/m1/s1. The molecule has 0 bridgehead atoms. The van der Waals surface area contributed by atoms with Crippen LogP contribution in [0.4, 0.5) is 0 Å². The molecule has 3 heterocycles. The number of aromatic hydroxyl groups is 1. The average molecular weight is 637 g/mol. The molecule has 1 aliphatic heterocycles. The average Bonchev–Trinajstić information content (AvgIpc) is 3.40. The van der Waals surface area contributed by atoms with E-state index in [4.69, 9.17) is 35.3 Å². The highest BCUT2D eigenvalue weighted by atomic mass is 35.5. The normalized spacial score (nSPS) is 15.3. The summed E-state index contributed by atoms with van der Waals surface area (Å²) in [5, 5.41) is 11.0. The summed E-state index contributed by atoms with van der Waals surface area (Å²) in [5.41, 5.74) is 2.82. The van der Waals surface area contributed by atoms with Gasteiger partial charge in [-0.3, -0.25) is 0 Å². The van der Waals surface area contributed by atoms with E-state index < -0.39 is 12.1 Å². The summed E-state index contributed by atoms with van der Waals surface area (Å²) >= 11 is 7.82. The molecule has 0 aliphatic carbocycles. The highest BCUT2D eigenvalue weighted by Gasteiger charge is 2.29. The van der Waals surface area contributed by atoms with Gasteiger partial charge in [-0.25, -0.2) is 14.8 Å². The minimum atomic E-state index is -1.05. The minimum absolute atomic E-state index is 0.0333. The largest absolute Gasteiger partial charge is 0.506 e. The number of thiophene rings is 1. The number of methoxy groups -OCH3 is 1. The topological polar surface area (TPSA) is 109 Å². The summed E-state index contributed by atoms with van der Waals surface area (Å²) in [7, 11) is 1.57. The maximum absolute atomic E-state index is 13.3. The summed E-state index contributed by atoms with van der Waals surface area (Å²) in [4.78, 5) is 23.6. The van der Waals surface area contributed by atoms with Crippen LogP contribution in [0.2, 0.25) is 5.02 Å². The molecule has 2 aromatic heterocycles. The molecule has 1 unspecified atom stereocenters. The number of esters is 1. The zero-order chi connectivity index (χ0) is 31.1. The van der Waals surface area contributed by atoms with E-state index in [0.29, 0.717) is 38.6 Å². The van der Waals surface area contributed by atoms with Crippen molar-refractivity contribution in [2.45, 2.75) is 51.9 Å². The van der Waals surface area contributed by atoms with E-state index in [1.165, 1.54) is 23.7 Å². The van der Waals surface area contributed by atoms with Gasteiger partial charge in [0.15, 0.2) is 6.29 Å². The number of aromatic nitrogens is 2. The second-order valence-electron chi connectivity index (χ2n) is 10.1. The van der Waals surface area contributed by atoms with Gasteiger partial charge in [-0.2, -0.15) is 0 Å². The number of halogens is 1. The van der Waals surface area contributed by atoms with Crippen molar-refractivity contribution in [3.63, 3.8) is 0 Å². The molecule has 1 N–H and O–H groups in total. The van der Waals surface area contributed by atoms with E-state index in [1.807, 2.05) is 31.2 Å². The van der Waals surface area contributed by atoms with Crippen LogP contribution in [0.1, 0.15) is 42.2 Å². The Labute approximate surface area is 265 Å². The number of hydrogen-bond acceptors (Lipinski definition) is 10. The quantitative estimate of drug-likeness (QED) is 0.154. The number of fused-ring (bicyclic) bond motifs is 1. The Hall–Kier alpha value is -3.88. The van der Waals surface area contributed by atoms with Crippen molar-refractivity contribution in [2.75, 3.05) is 26.9 Å². The number of carbonyl (C=O) groups excluding carboxylic acids is 1.